The second-order valence-electron chi connectivity index (χ2n) is 5.87. The molecule has 0 aliphatic carbocycles. The maximum absolute atomic E-state index is 5.62. The van der Waals surface area contributed by atoms with Crippen molar-refractivity contribution in [1.82, 2.24) is 19.7 Å². The third-order valence-corrected chi connectivity index (χ3v) is 4.64. The van der Waals surface area contributed by atoms with E-state index >= 15 is 0 Å². The molecule has 0 saturated carbocycles. The Hall–Kier alpha value is -3.00. The summed E-state index contributed by atoms with van der Waals surface area (Å²) in [5.74, 6) is 1.09. The van der Waals surface area contributed by atoms with Gasteiger partial charge in [-0.15, -0.1) is 10.2 Å². The fourth-order valence-corrected chi connectivity index (χ4v) is 3.30. The number of aromatic nitrogens is 4. The highest BCUT2D eigenvalue weighted by Crippen LogP contribution is 2.25. The molecule has 7 nitrogen and oxygen atoms in total. The summed E-state index contributed by atoms with van der Waals surface area (Å²) in [4.78, 5) is 4.54. The zero-order chi connectivity index (χ0) is 18.8. The number of fused-ring (bicyclic) bond motifs is 3. The van der Waals surface area contributed by atoms with Crippen molar-refractivity contribution < 1.29 is 4.74 Å². The maximum atomic E-state index is 5.62. The number of nitrogens with one attached hydrogen (secondary N) is 1. The maximum Gasteiger partial charge on any atom is 0.265 e. The number of rotatable bonds is 5. The highest BCUT2D eigenvalue weighted by molar-refractivity contribution is 9.10. The van der Waals surface area contributed by atoms with Crippen LogP contribution in [-0.4, -0.2) is 32.6 Å². The van der Waals surface area contributed by atoms with E-state index in [0.29, 0.717) is 12.6 Å². The van der Waals surface area contributed by atoms with Gasteiger partial charge in [0, 0.05) is 22.5 Å². The van der Waals surface area contributed by atoms with Gasteiger partial charge >= 0.3 is 0 Å². The monoisotopic (exact) mass is 424 g/mol. The molecule has 2 aromatic heterocycles. The topological polar surface area (TPSA) is 77.2 Å². The number of hydrogen-bond donors (Lipinski definition) is 1. The van der Waals surface area contributed by atoms with Crippen molar-refractivity contribution in [3.63, 3.8) is 0 Å². The highest BCUT2D eigenvalue weighted by Gasteiger charge is 2.11. The van der Waals surface area contributed by atoms with Crippen molar-refractivity contribution in [2.75, 3.05) is 12.0 Å². The third kappa shape index (κ3) is 3.35. The van der Waals surface area contributed by atoms with E-state index in [1.807, 2.05) is 61.0 Å². The van der Waals surface area contributed by atoms with Crippen LogP contribution in [0.2, 0.25) is 0 Å². The number of anilines is 1. The number of ether oxygens (including phenoxy) is 1. The predicted octanol–water partition coefficient (Wildman–Crippen LogP) is 4.12. The number of hydrogen-bond acceptors (Lipinski definition) is 6. The molecule has 0 amide bonds. The van der Waals surface area contributed by atoms with Crippen molar-refractivity contribution >= 4 is 50.2 Å². The first-order valence-electron chi connectivity index (χ1n) is 8.46. The molecular formula is C19H17BrN6O. The SMILES string of the molecule is CCOc1ccc(Br)cc1/C=N/Nc1nnc2c3ccccc3n(C)c2n1. The van der Waals surface area contributed by atoms with Crippen LogP contribution >= 0.6 is 15.9 Å². The summed E-state index contributed by atoms with van der Waals surface area (Å²) in [7, 11) is 1.96. The lowest BCUT2D eigenvalue weighted by atomic mass is 10.2. The molecule has 0 aliphatic rings. The first kappa shape index (κ1) is 17.4. The van der Waals surface area contributed by atoms with Gasteiger partial charge in [-0.25, -0.2) is 5.43 Å². The largest absolute Gasteiger partial charge is 0.493 e. The minimum atomic E-state index is 0.331. The Morgan fingerprint density at radius 3 is 2.93 bits per heavy atom. The van der Waals surface area contributed by atoms with Crippen LogP contribution in [0.1, 0.15) is 12.5 Å². The van der Waals surface area contributed by atoms with Gasteiger partial charge in [0.2, 0.25) is 0 Å². The zero-order valence-electron chi connectivity index (χ0n) is 14.8. The third-order valence-electron chi connectivity index (χ3n) is 4.15. The fraction of sp³-hybridized carbons (Fsp3) is 0.158. The number of halogens is 1. The van der Waals surface area contributed by atoms with E-state index in [1.54, 1.807) is 6.21 Å². The van der Waals surface area contributed by atoms with E-state index in [-0.39, 0.29) is 0 Å². The highest BCUT2D eigenvalue weighted by atomic mass is 79.9. The zero-order valence-corrected chi connectivity index (χ0v) is 16.4. The van der Waals surface area contributed by atoms with Crippen LogP contribution in [0.4, 0.5) is 5.95 Å². The lowest BCUT2D eigenvalue weighted by Gasteiger charge is -2.07. The Bertz CT molecular complexity index is 1150. The Morgan fingerprint density at radius 2 is 2.07 bits per heavy atom. The van der Waals surface area contributed by atoms with Crippen LogP contribution in [-0.2, 0) is 7.05 Å². The molecule has 2 heterocycles. The molecule has 0 fully saturated rings. The molecule has 0 spiro atoms. The van der Waals surface area contributed by atoms with E-state index in [9.17, 15) is 0 Å². The van der Waals surface area contributed by atoms with Gasteiger partial charge < -0.3 is 9.30 Å². The van der Waals surface area contributed by atoms with Crippen LogP contribution in [0, 0.1) is 0 Å². The molecule has 0 aliphatic heterocycles. The summed E-state index contributed by atoms with van der Waals surface area (Å²) in [5, 5.41) is 13.7. The van der Waals surface area contributed by atoms with Gasteiger partial charge in [-0.3, -0.25) is 0 Å². The Balaban J connectivity index is 1.63. The summed E-state index contributed by atoms with van der Waals surface area (Å²) in [6, 6.07) is 13.8. The first-order valence-corrected chi connectivity index (χ1v) is 9.26. The van der Waals surface area contributed by atoms with E-state index < -0.39 is 0 Å². The van der Waals surface area contributed by atoms with Crippen molar-refractivity contribution in [2.24, 2.45) is 12.1 Å². The number of benzene rings is 2. The molecule has 1 N–H and O–H groups in total. The van der Waals surface area contributed by atoms with Crippen molar-refractivity contribution in [3.8, 4) is 5.75 Å². The fourth-order valence-electron chi connectivity index (χ4n) is 2.92. The summed E-state index contributed by atoms with van der Waals surface area (Å²) in [6.07, 6.45) is 1.67. The quantitative estimate of drug-likeness (QED) is 0.385. The summed E-state index contributed by atoms with van der Waals surface area (Å²) >= 11 is 3.46. The van der Waals surface area contributed by atoms with E-state index in [1.165, 1.54) is 0 Å². The molecule has 0 unspecified atom stereocenters. The van der Waals surface area contributed by atoms with Crippen LogP contribution in [0.5, 0.6) is 5.75 Å². The molecule has 4 aromatic rings. The standard InChI is InChI=1S/C19H17BrN6O/c1-3-27-16-9-8-13(20)10-12(16)11-21-24-19-22-18-17(23-25-19)14-6-4-5-7-15(14)26(18)2/h4-11H,3H2,1-2H3,(H,22,24,25)/b21-11+. The molecule has 8 heteroatoms. The lowest BCUT2D eigenvalue weighted by molar-refractivity contribution is 0.339. The molecule has 4 rings (SSSR count). The van der Waals surface area contributed by atoms with Crippen LogP contribution in [0.15, 0.2) is 52.0 Å². The van der Waals surface area contributed by atoms with E-state index in [2.05, 4.69) is 41.6 Å². The molecule has 2 aromatic carbocycles. The predicted molar refractivity (Wildman–Crippen MR) is 110 cm³/mol. The molecule has 0 radical (unpaired) electrons. The average molecular weight is 425 g/mol. The van der Waals surface area contributed by atoms with Crippen molar-refractivity contribution in [1.29, 1.82) is 0 Å². The number of hydrazone groups is 1. The van der Waals surface area contributed by atoms with Gasteiger partial charge in [-0.1, -0.05) is 34.1 Å². The number of nitrogens with zero attached hydrogens (tertiary/aromatic N) is 5. The number of aryl methyl sites for hydroxylation is 1. The molecule has 0 bridgehead atoms. The second-order valence-corrected chi connectivity index (χ2v) is 6.78. The number of para-hydroxylation sites is 1. The van der Waals surface area contributed by atoms with Crippen molar-refractivity contribution in [3.05, 3.63) is 52.5 Å². The molecule has 27 heavy (non-hydrogen) atoms. The minimum Gasteiger partial charge on any atom is -0.493 e. The lowest BCUT2D eigenvalue weighted by Crippen LogP contribution is -2.01. The van der Waals surface area contributed by atoms with Crippen LogP contribution in [0.3, 0.4) is 0 Å². The minimum absolute atomic E-state index is 0.331. The summed E-state index contributed by atoms with van der Waals surface area (Å²) in [5.41, 5.74) is 6.27. The summed E-state index contributed by atoms with van der Waals surface area (Å²) in [6.45, 7) is 2.53. The molecule has 0 saturated heterocycles. The Labute approximate surface area is 164 Å². The average Bonchev–Trinajstić information content (AvgIpc) is 2.96. The van der Waals surface area contributed by atoms with E-state index in [4.69, 9.17) is 4.74 Å². The first-order chi connectivity index (χ1) is 13.2. The van der Waals surface area contributed by atoms with Gasteiger partial charge in [0.15, 0.2) is 5.65 Å². The van der Waals surface area contributed by atoms with Gasteiger partial charge in [-0.05, 0) is 31.2 Å². The Kier molecular flexibility index (Phi) is 4.72. The van der Waals surface area contributed by atoms with E-state index in [0.717, 1.165) is 37.9 Å². The molecular weight excluding hydrogens is 408 g/mol. The smallest absolute Gasteiger partial charge is 0.265 e. The second kappa shape index (κ2) is 7.32. The molecule has 0 atom stereocenters. The van der Waals surface area contributed by atoms with Gasteiger partial charge in [-0.2, -0.15) is 10.1 Å². The van der Waals surface area contributed by atoms with Crippen molar-refractivity contribution in [2.45, 2.75) is 6.92 Å². The van der Waals surface area contributed by atoms with Crippen LogP contribution < -0.4 is 10.2 Å². The Morgan fingerprint density at radius 1 is 1.22 bits per heavy atom. The van der Waals surface area contributed by atoms with Crippen LogP contribution in [0.25, 0.3) is 22.1 Å². The molecule has 136 valence electrons. The normalized spacial score (nSPS) is 11.5. The van der Waals surface area contributed by atoms with Gasteiger partial charge in [0.1, 0.15) is 11.3 Å². The van der Waals surface area contributed by atoms with Gasteiger partial charge in [0.25, 0.3) is 5.95 Å². The summed E-state index contributed by atoms with van der Waals surface area (Å²) < 4.78 is 8.56. The van der Waals surface area contributed by atoms with Gasteiger partial charge in [0.05, 0.1) is 18.3 Å².